The van der Waals surface area contributed by atoms with Crippen molar-refractivity contribution >= 4 is 11.8 Å². The summed E-state index contributed by atoms with van der Waals surface area (Å²) >= 11 is 0. The predicted molar refractivity (Wildman–Crippen MR) is 71.0 cm³/mol. The number of aromatic nitrogens is 3. The van der Waals surface area contributed by atoms with Crippen LogP contribution in [0.1, 0.15) is 19.8 Å². The number of hydrogen-bond donors (Lipinski definition) is 0. The van der Waals surface area contributed by atoms with Gasteiger partial charge in [-0.05, 0) is 6.42 Å². The van der Waals surface area contributed by atoms with Crippen molar-refractivity contribution in [3.8, 4) is 0 Å². The molecule has 18 heavy (non-hydrogen) atoms. The number of anilines is 2. The van der Waals surface area contributed by atoms with E-state index in [-0.39, 0.29) is 0 Å². The van der Waals surface area contributed by atoms with E-state index in [1.54, 1.807) is 6.20 Å². The molecular weight excluding hydrogens is 230 g/mol. The molecule has 1 aliphatic rings. The van der Waals surface area contributed by atoms with Crippen LogP contribution in [0.3, 0.4) is 0 Å². The van der Waals surface area contributed by atoms with Crippen molar-refractivity contribution in [1.82, 2.24) is 15.2 Å². The maximum Gasteiger partial charge on any atom is 0.247 e. The Hall–Kier alpha value is -1.43. The molecule has 2 heterocycles. The quantitative estimate of drug-likeness (QED) is 0.776. The molecule has 0 radical (unpaired) electrons. The molecule has 6 heteroatoms. The molecule has 100 valence electrons. The highest BCUT2D eigenvalue weighted by atomic mass is 16.5. The second kappa shape index (κ2) is 6.49. The summed E-state index contributed by atoms with van der Waals surface area (Å²) in [6, 6.07) is 0. The minimum atomic E-state index is 0.701. The molecule has 0 aliphatic carbocycles. The normalized spacial score (nSPS) is 15.8. The largest absolute Gasteiger partial charge is 0.378 e. The van der Waals surface area contributed by atoms with E-state index in [0.717, 1.165) is 45.1 Å². The fourth-order valence-corrected chi connectivity index (χ4v) is 1.89. The summed E-state index contributed by atoms with van der Waals surface area (Å²) in [5.41, 5.74) is 0. The smallest absolute Gasteiger partial charge is 0.247 e. The lowest BCUT2D eigenvalue weighted by Crippen LogP contribution is -2.37. The lowest BCUT2D eigenvalue weighted by molar-refractivity contribution is 0.122. The Balaban J connectivity index is 2.04. The molecule has 1 aromatic heterocycles. The summed E-state index contributed by atoms with van der Waals surface area (Å²) in [5.74, 6) is 1.60. The minimum absolute atomic E-state index is 0.701. The van der Waals surface area contributed by atoms with Crippen molar-refractivity contribution in [3.05, 3.63) is 6.20 Å². The third kappa shape index (κ3) is 3.29. The van der Waals surface area contributed by atoms with E-state index < -0.39 is 0 Å². The van der Waals surface area contributed by atoms with Crippen LogP contribution in [0, 0.1) is 0 Å². The van der Waals surface area contributed by atoms with E-state index in [2.05, 4.69) is 31.9 Å². The van der Waals surface area contributed by atoms with Crippen molar-refractivity contribution in [3.63, 3.8) is 0 Å². The third-order valence-electron chi connectivity index (χ3n) is 3.06. The Labute approximate surface area is 108 Å². The van der Waals surface area contributed by atoms with Gasteiger partial charge in [0.15, 0.2) is 5.82 Å². The van der Waals surface area contributed by atoms with E-state index in [1.165, 1.54) is 6.42 Å². The first kappa shape index (κ1) is 13.0. The second-order valence-corrected chi connectivity index (χ2v) is 4.49. The van der Waals surface area contributed by atoms with Gasteiger partial charge >= 0.3 is 0 Å². The summed E-state index contributed by atoms with van der Waals surface area (Å²) in [6.07, 6.45) is 4.03. The highest BCUT2D eigenvalue weighted by Gasteiger charge is 2.14. The zero-order valence-electron chi connectivity index (χ0n) is 11.2. The number of nitrogens with zero attached hydrogens (tertiary/aromatic N) is 5. The SMILES string of the molecule is CCCCN(C)c1nncc(N2CCOCC2)n1. The van der Waals surface area contributed by atoms with Crippen LogP contribution in [0.25, 0.3) is 0 Å². The molecule has 0 N–H and O–H groups in total. The average molecular weight is 251 g/mol. The van der Waals surface area contributed by atoms with Gasteiger partial charge in [-0.25, -0.2) is 0 Å². The molecular formula is C12H21N5O. The van der Waals surface area contributed by atoms with Crippen molar-refractivity contribution < 1.29 is 4.74 Å². The van der Waals surface area contributed by atoms with Crippen LogP contribution in [0.2, 0.25) is 0 Å². The molecule has 0 spiro atoms. The second-order valence-electron chi connectivity index (χ2n) is 4.49. The number of rotatable bonds is 5. The van der Waals surface area contributed by atoms with Gasteiger partial charge in [-0.2, -0.15) is 10.1 Å². The van der Waals surface area contributed by atoms with Crippen LogP contribution < -0.4 is 9.80 Å². The van der Waals surface area contributed by atoms with Crippen molar-refractivity contribution in [2.45, 2.75) is 19.8 Å². The Bertz CT molecular complexity index is 367. The molecule has 1 fully saturated rings. The van der Waals surface area contributed by atoms with Crippen molar-refractivity contribution in [1.29, 1.82) is 0 Å². The first-order valence-corrected chi connectivity index (χ1v) is 6.55. The van der Waals surface area contributed by atoms with Crippen LogP contribution in [0.5, 0.6) is 0 Å². The van der Waals surface area contributed by atoms with Crippen molar-refractivity contribution in [2.24, 2.45) is 0 Å². The topological polar surface area (TPSA) is 54.4 Å². The van der Waals surface area contributed by atoms with Gasteiger partial charge in [0.05, 0.1) is 19.4 Å². The highest BCUT2D eigenvalue weighted by Crippen LogP contribution is 2.14. The molecule has 0 atom stereocenters. The Kier molecular flexibility index (Phi) is 4.69. The van der Waals surface area contributed by atoms with Gasteiger partial charge in [0, 0.05) is 26.7 Å². The van der Waals surface area contributed by atoms with Gasteiger partial charge < -0.3 is 14.5 Å². The molecule has 0 bridgehead atoms. The summed E-state index contributed by atoms with van der Waals surface area (Å²) < 4.78 is 5.34. The predicted octanol–water partition coefficient (Wildman–Crippen LogP) is 0.944. The van der Waals surface area contributed by atoms with Gasteiger partial charge in [0.25, 0.3) is 0 Å². The summed E-state index contributed by atoms with van der Waals surface area (Å²) in [7, 11) is 2.01. The molecule has 0 saturated carbocycles. The average Bonchev–Trinajstić information content (AvgIpc) is 2.46. The first-order valence-electron chi connectivity index (χ1n) is 6.55. The maximum atomic E-state index is 5.34. The molecule has 1 aliphatic heterocycles. The summed E-state index contributed by atoms with van der Waals surface area (Å²) in [6.45, 7) is 6.39. The minimum Gasteiger partial charge on any atom is -0.378 e. The standard InChI is InChI=1S/C12H21N5O/c1-3-4-5-16(2)12-14-11(10-13-15-12)17-6-8-18-9-7-17/h10H,3-9H2,1-2H3. The lowest BCUT2D eigenvalue weighted by atomic mass is 10.3. The van der Waals surface area contributed by atoms with Gasteiger partial charge in [-0.1, -0.05) is 13.3 Å². The molecule has 1 aromatic rings. The van der Waals surface area contributed by atoms with E-state index in [0.29, 0.717) is 5.95 Å². The Morgan fingerprint density at radius 2 is 2.17 bits per heavy atom. The summed E-state index contributed by atoms with van der Waals surface area (Å²) in [5, 5.41) is 8.15. The number of ether oxygens (including phenoxy) is 1. The molecule has 1 saturated heterocycles. The maximum absolute atomic E-state index is 5.34. The zero-order valence-corrected chi connectivity index (χ0v) is 11.2. The van der Waals surface area contributed by atoms with Gasteiger partial charge in [0.1, 0.15) is 0 Å². The van der Waals surface area contributed by atoms with Gasteiger partial charge in [0.2, 0.25) is 5.95 Å². The number of morpholine rings is 1. The Morgan fingerprint density at radius 1 is 1.39 bits per heavy atom. The fourth-order valence-electron chi connectivity index (χ4n) is 1.89. The molecule has 2 rings (SSSR count). The van der Waals surface area contributed by atoms with Crippen LogP contribution in [0.15, 0.2) is 6.20 Å². The zero-order chi connectivity index (χ0) is 12.8. The molecule has 0 aromatic carbocycles. The third-order valence-corrected chi connectivity index (χ3v) is 3.06. The first-order chi connectivity index (χ1) is 8.81. The summed E-state index contributed by atoms with van der Waals surface area (Å²) in [4.78, 5) is 8.82. The van der Waals surface area contributed by atoms with E-state index >= 15 is 0 Å². The van der Waals surface area contributed by atoms with Crippen LogP contribution >= 0.6 is 0 Å². The Morgan fingerprint density at radius 3 is 2.89 bits per heavy atom. The molecule has 0 amide bonds. The molecule has 0 unspecified atom stereocenters. The van der Waals surface area contributed by atoms with E-state index in [1.807, 2.05) is 7.05 Å². The number of unbranched alkanes of at least 4 members (excludes halogenated alkanes) is 1. The number of hydrogen-bond acceptors (Lipinski definition) is 6. The van der Waals surface area contributed by atoms with Crippen LogP contribution in [-0.2, 0) is 4.74 Å². The molecule has 6 nitrogen and oxygen atoms in total. The van der Waals surface area contributed by atoms with E-state index in [4.69, 9.17) is 4.74 Å². The van der Waals surface area contributed by atoms with Crippen molar-refractivity contribution in [2.75, 3.05) is 49.7 Å². The van der Waals surface area contributed by atoms with E-state index in [9.17, 15) is 0 Å². The fraction of sp³-hybridized carbons (Fsp3) is 0.750. The van der Waals surface area contributed by atoms with Crippen LogP contribution in [-0.4, -0.2) is 55.1 Å². The van der Waals surface area contributed by atoms with Crippen LogP contribution in [0.4, 0.5) is 11.8 Å². The highest BCUT2D eigenvalue weighted by molar-refractivity contribution is 5.41. The van der Waals surface area contributed by atoms with Gasteiger partial charge in [-0.3, -0.25) is 0 Å². The lowest BCUT2D eigenvalue weighted by Gasteiger charge is -2.28. The monoisotopic (exact) mass is 251 g/mol. The van der Waals surface area contributed by atoms with Gasteiger partial charge in [-0.15, -0.1) is 5.10 Å².